The number of aliphatic hydroxyl groups is 1. The van der Waals surface area contributed by atoms with Crippen molar-refractivity contribution in [2.75, 3.05) is 31.1 Å². The Labute approximate surface area is 239 Å². The van der Waals surface area contributed by atoms with E-state index in [1.165, 1.54) is 0 Å². The maximum absolute atomic E-state index is 14.7. The molecule has 40 heavy (non-hydrogen) atoms. The van der Waals surface area contributed by atoms with E-state index in [9.17, 15) is 19.5 Å². The number of benzene rings is 2. The Kier molecular flexibility index (Phi) is 6.82. The zero-order valence-corrected chi connectivity index (χ0v) is 24.1. The summed E-state index contributed by atoms with van der Waals surface area (Å²) in [4.78, 5) is 48.6. The number of likely N-dealkylation sites (tertiary alicyclic amines) is 1. The topological polar surface area (TPSA) is 81.2 Å². The van der Waals surface area contributed by atoms with Crippen LogP contribution in [-0.2, 0) is 14.4 Å². The molecule has 1 spiro atoms. The summed E-state index contributed by atoms with van der Waals surface area (Å²) in [6.07, 6.45) is 9.51. The number of nitrogens with zero attached hydrogens (tertiary/aromatic N) is 3. The van der Waals surface area contributed by atoms with Gasteiger partial charge in [-0.15, -0.1) is 11.8 Å². The fourth-order valence-electron chi connectivity index (χ4n) is 7.37. The smallest absolute Gasteiger partial charge is 0.251 e. The minimum atomic E-state index is -0.920. The number of amides is 3. The summed E-state index contributed by atoms with van der Waals surface area (Å²) >= 11 is 1.59. The highest BCUT2D eigenvalue weighted by atomic mass is 32.2. The maximum atomic E-state index is 14.7. The van der Waals surface area contributed by atoms with Crippen molar-refractivity contribution in [3.63, 3.8) is 0 Å². The van der Waals surface area contributed by atoms with E-state index < -0.39 is 33.4 Å². The summed E-state index contributed by atoms with van der Waals surface area (Å²) in [6, 6.07) is 12.7. The second-order valence-corrected chi connectivity index (χ2v) is 13.3. The molecule has 2 aromatic rings. The van der Waals surface area contributed by atoms with Crippen LogP contribution in [0.15, 0.2) is 66.8 Å². The molecule has 0 radical (unpaired) electrons. The standard InChI is InChI=1S/C32H37N3O4S/c1-4-16-33-17-8-14-31(3)25(28(33)37)26-29(38)35(23(5-2)20-36)27-30(39)34(18-9-15-32(26,27)40-31)24-13-12-21-10-6-7-11-22(21)19-24/h6-15,19,23,25-27,36H,4-5,16-18,20H2,1-3H3/t23-,25+,26-,27?,31-,32-/m0/s1. The van der Waals surface area contributed by atoms with E-state index >= 15 is 0 Å². The summed E-state index contributed by atoms with van der Waals surface area (Å²) < 4.78 is -1.55. The Morgan fingerprint density at radius 1 is 0.950 bits per heavy atom. The van der Waals surface area contributed by atoms with Crippen LogP contribution in [0.5, 0.6) is 0 Å². The van der Waals surface area contributed by atoms with E-state index in [0.29, 0.717) is 26.1 Å². The average molecular weight is 560 g/mol. The molecule has 210 valence electrons. The van der Waals surface area contributed by atoms with Crippen molar-refractivity contribution >= 4 is 45.9 Å². The molecule has 4 aliphatic rings. The first-order chi connectivity index (χ1) is 19.3. The van der Waals surface area contributed by atoms with Crippen molar-refractivity contribution in [2.45, 2.75) is 55.2 Å². The van der Waals surface area contributed by atoms with Gasteiger partial charge in [-0.1, -0.05) is 68.5 Å². The number of carbonyl (C=O) groups excluding carboxylic acids is 3. The first-order valence-corrected chi connectivity index (χ1v) is 15.2. The quantitative estimate of drug-likeness (QED) is 0.541. The van der Waals surface area contributed by atoms with Gasteiger partial charge in [-0.05, 0) is 42.7 Å². The molecule has 0 bridgehead atoms. The van der Waals surface area contributed by atoms with Crippen molar-refractivity contribution < 1.29 is 19.5 Å². The van der Waals surface area contributed by atoms with Crippen molar-refractivity contribution in [1.82, 2.24) is 9.80 Å². The Morgan fingerprint density at radius 3 is 2.42 bits per heavy atom. The Morgan fingerprint density at radius 2 is 1.70 bits per heavy atom. The maximum Gasteiger partial charge on any atom is 0.251 e. The number of carbonyl (C=O) groups is 3. The number of rotatable bonds is 6. The number of thioether (sulfide) groups is 1. The van der Waals surface area contributed by atoms with Gasteiger partial charge in [0.05, 0.1) is 29.2 Å². The van der Waals surface area contributed by atoms with Crippen LogP contribution < -0.4 is 4.90 Å². The number of hydrogen-bond donors (Lipinski definition) is 1. The van der Waals surface area contributed by atoms with Gasteiger partial charge in [0.15, 0.2) is 0 Å². The minimum absolute atomic E-state index is 0.0220. The normalized spacial score (nSPS) is 32.2. The lowest BCUT2D eigenvalue weighted by atomic mass is 9.74. The van der Waals surface area contributed by atoms with E-state index in [2.05, 4.69) is 6.08 Å². The summed E-state index contributed by atoms with van der Waals surface area (Å²) in [5.74, 6) is -1.68. The van der Waals surface area contributed by atoms with Crippen molar-refractivity contribution in [2.24, 2.45) is 11.8 Å². The van der Waals surface area contributed by atoms with E-state index in [1.807, 2.05) is 86.4 Å². The van der Waals surface area contributed by atoms with Crippen LogP contribution in [0, 0.1) is 11.8 Å². The summed E-state index contributed by atoms with van der Waals surface area (Å²) in [5.41, 5.74) is 0.770. The summed E-state index contributed by atoms with van der Waals surface area (Å²) in [6.45, 7) is 7.30. The molecule has 1 N–H and O–H groups in total. The van der Waals surface area contributed by atoms with Crippen molar-refractivity contribution in [3.05, 3.63) is 66.8 Å². The molecule has 6 atom stereocenters. The van der Waals surface area contributed by atoms with E-state index in [1.54, 1.807) is 21.6 Å². The largest absolute Gasteiger partial charge is 0.394 e. The Bertz CT molecular complexity index is 1420. The molecular formula is C32H37N3O4S. The zero-order valence-electron chi connectivity index (χ0n) is 23.3. The number of fused-ring (bicyclic) bond motifs is 3. The predicted molar refractivity (Wildman–Crippen MR) is 159 cm³/mol. The minimum Gasteiger partial charge on any atom is -0.394 e. The molecule has 2 saturated heterocycles. The molecule has 4 aliphatic heterocycles. The van der Waals surface area contributed by atoms with Gasteiger partial charge in [0.1, 0.15) is 6.04 Å². The van der Waals surface area contributed by atoms with E-state index in [0.717, 1.165) is 22.9 Å². The molecule has 0 saturated carbocycles. The third-order valence-electron chi connectivity index (χ3n) is 9.19. The molecule has 0 aliphatic carbocycles. The highest BCUT2D eigenvalue weighted by molar-refractivity contribution is 8.02. The van der Waals surface area contributed by atoms with Crippen LogP contribution >= 0.6 is 11.8 Å². The second kappa shape index (κ2) is 10.1. The molecule has 1 unspecified atom stereocenters. The summed E-state index contributed by atoms with van der Waals surface area (Å²) in [7, 11) is 0. The van der Waals surface area contributed by atoms with Gasteiger partial charge < -0.3 is 19.8 Å². The SMILES string of the molecule is CCCN1CC=C[C@]2(C)S[C@]34C=CCN(c5ccc6ccccc6c5)C(=O)C3N([C@@H](CC)CO)C(=O)[C@@H]4[C@@H]2C1=O. The monoisotopic (exact) mass is 559 g/mol. The molecule has 7 nitrogen and oxygen atoms in total. The first kappa shape index (κ1) is 27.1. The molecule has 6 rings (SSSR count). The average Bonchev–Trinajstić information content (AvgIpc) is 3.22. The molecular weight excluding hydrogens is 522 g/mol. The highest BCUT2D eigenvalue weighted by Crippen LogP contribution is 2.66. The van der Waals surface area contributed by atoms with Gasteiger partial charge in [-0.2, -0.15) is 0 Å². The predicted octanol–water partition coefficient (Wildman–Crippen LogP) is 4.01. The molecule has 8 heteroatoms. The van der Waals surface area contributed by atoms with Gasteiger partial charge in [0, 0.05) is 30.1 Å². The highest BCUT2D eigenvalue weighted by Gasteiger charge is 2.74. The van der Waals surface area contributed by atoms with Gasteiger partial charge in [-0.3, -0.25) is 14.4 Å². The van der Waals surface area contributed by atoms with Crippen LogP contribution in [0.1, 0.15) is 33.6 Å². The van der Waals surface area contributed by atoms with Crippen LogP contribution in [0.25, 0.3) is 10.8 Å². The summed E-state index contributed by atoms with van der Waals surface area (Å²) in [5, 5.41) is 12.5. The Hall–Kier alpha value is -3.10. The fourth-order valence-corrected chi connectivity index (χ4v) is 9.51. The number of aliphatic hydroxyl groups excluding tert-OH is 1. The first-order valence-electron chi connectivity index (χ1n) is 14.4. The lowest BCUT2D eigenvalue weighted by Crippen LogP contribution is -2.56. The molecule has 4 heterocycles. The second-order valence-electron chi connectivity index (χ2n) is 11.6. The van der Waals surface area contributed by atoms with Gasteiger partial charge >= 0.3 is 0 Å². The molecule has 2 aromatic carbocycles. The van der Waals surface area contributed by atoms with Gasteiger partial charge in [0.25, 0.3) is 5.91 Å². The third-order valence-corrected chi connectivity index (χ3v) is 11.0. The third kappa shape index (κ3) is 3.86. The number of anilines is 1. The molecule has 2 fully saturated rings. The van der Waals surface area contributed by atoms with Crippen LogP contribution in [0.2, 0.25) is 0 Å². The lowest BCUT2D eigenvalue weighted by Gasteiger charge is -2.39. The number of hydrogen-bond acceptors (Lipinski definition) is 5. The van der Waals surface area contributed by atoms with Gasteiger partial charge in [0.2, 0.25) is 11.8 Å². The van der Waals surface area contributed by atoms with E-state index in [4.69, 9.17) is 0 Å². The fraction of sp³-hybridized carbons (Fsp3) is 0.469. The molecule has 0 aromatic heterocycles. The van der Waals surface area contributed by atoms with Crippen molar-refractivity contribution in [3.8, 4) is 0 Å². The zero-order chi connectivity index (χ0) is 28.2. The molecule has 3 amide bonds. The van der Waals surface area contributed by atoms with Crippen molar-refractivity contribution in [1.29, 1.82) is 0 Å². The van der Waals surface area contributed by atoms with Crippen LogP contribution in [-0.4, -0.2) is 80.4 Å². The lowest BCUT2D eigenvalue weighted by molar-refractivity contribution is -0.145. The van der Waals surface area contributed by atoms with Gasteiger partial charge in [-0.25, -0.2) is 0 Å². The van der Waals surface area contributed by atoms with Crippen LogP contribution in [0.3, 0.4) is 0 Å². The Balaban J connectivity index is 1.49. The van der Waals surface area contributed by atoms with E-state index in [-0.39, 0.29) is 24.3 Å². The van der Waals surface area contributed by atoms with Crippen LogP contribution in [0.4, 0.5) is 5.69 Å².